The normalized spacial score (nSPS) is 11.5. The molecule has 0 bridgehead atoms. The molecule has 0 saturated carbocycles. The van der Waals surface area contributed by atoms with Crippen molar-refractivity contribution in [3.05, 3.63) is 0 Å². The largest absolute Gasteiger partial charge is 0.385 e. The third-order valence-electron chi connectivity index (χ3n) is 1.86. The van der Waals surface area contributed by atoms with Crippen molar-refractivity contribution < 1.29 is 4.74 Å². The summed E-state index contributed by atoms with van der Waals surface area (Å²) < 4.78 is 4.97. The molecular weight excluding hydrogens is 210 g/mol. The van der Waals surface area contributed by atoms with Crippen LogP contribution in [0, 0.1) is 0 Å². The summed E-state index contributed by atoms with van der Waals surface area (Å²) in [5, 5.41) is 6.50. The molecule has 0 aliphatic heterocycles. The van der Waals surface area contributed by atoms with Gasteiger partial charge < -0.3 is 15.4 Å². The molecule has 2 N–H and O–H groups in total. The molecule has 15 heavy (non-hydrogen) atoms. The lowest BCUT2D eigenvalue weighted by molar-refractivity contribution is 0.195. The Morgan fingerprint density at radius 2 is 1.93 bits per heavy atom. The summed E-state index contributed by atoms with van der Waals surface area (Å²) in [6, 6.07) is 0. The molecular formula is C10H23N3OS. The number of nitrogens with one attached hydrogen (secondary N) is 2. The topological polar surface area (TPSA) is 45.7 Å². The van der Waals surface area contributed by atoms with Crippen LogP contribution in [0.15, 0.2) is 4.99 Å². The molecule has 90 valence electrons. The Morgan fingerprint density at radius 1 is 1.27 bits per heavy atom. The van der Waals surface area contributed by atoms with Crippen LogP contribution in [0.3, 0.4) is 0 Å². The quantitative estimate of drug-likeness (QED) is 0.372. The zero-order valence-electron chi connectivity index (χ0n) is 10.0. The van der Waals surface area contributed by atoms with Gasteiger partial charge >= 0.3 is 0 Å². The lowest BCUT2D eigenvalue weighted by atomic mass is 10.4. The van der Waals surface area contributed by atoms with Gasteiger partial charge in [0.25, 0.3) is 0 Å². The third kappa shape index (κ3) is 9.87. The molecule has 0 fully saturated rings. The highest BCUT2D eigenvalue weighted by Crippen LogP contribution is 1.92. The van der Waals surface area contributed by atoms with Gasteiger partial charge in [-0.3, -0.25) is 4.99 Å². The lowest BCUT2D eigenvalue weighted by Crippen LogP contribution is -2.38. The van der Waals surface area contributed by atoms with Crippen molar-refractivity contribution in [1.82, 2.24) is 10.6 Å². The molecule has 0 aromatic rings. The van der Waals surface area contributed by atoms with E-state index in [9.17, 15) is 0 Å². The van der Waals surface area contributed by atoms with Crippen LogP contribution in [-0.4, -0.2) is 51.8 Å². The van der Waals surface area contributed by atoms with E-state index in [1.165, 1.54) is 12.2 Å². The average molecular weight is 233 g/mol. The first-order chi connectivity index (χ1) is 7.35. The van der Waals surface area contributed by atoms with Gasteiger partial charge in [-0.1, -0.05) is 0 Å². The van der Waals surface area contributed by atoms with E-state index >= 15 is 0 Å². The lowest BCUT2D eigenvalue weighted by Gasteiger charge is -2.11. The summed E-state index contributed by atoms with van der Waals surface area (Å²) in [6.45, 7) is 2.66. The summed E-state index contributed by atoms with van der Waals surface area (Å²) in [4.78, 5) is 4.13. The maximum absolute atomic E-state index is 4.97. The Bertz CT molecular complexity index is 151. The highest BCUT2D eigenvalue weighted by molar-refractivity contribution is 7.98. The molecule has 0 aromatic carbocycles. The first kappa shape index (κ1) is 14.6. The SMILES string of the molecule is CN=C(NCCCOC)NCCCSC. The molecule has 0 heterocycles. The molecule has 0 aliphatic carbocycles. The number of hydrogen-bond donors (Lipinski definition) is 2. The van der Waals surface area contributed by atoms with Crippen LogP contribution in [-0.2, 0) is 4.74 Å². The fraction of sp³-hybridized carbons (Fsp3) is 0.900. The molecule has 0 aromatic heterocycles. The van der Waals surface area contributed by atoms with Gasteiger partial charge in [0, 0.05) is 33.9 Å². The van der Waals surface area contributed by atoms with Crippen LogP contribution in [0.4, 0.5) is 0 Å². The van der Waals surface area contributed by atoms with Crippen molar-refractivity contribution in [3.63, 3.8) is 0 Å². The van der Waals surface area contributed by atoms with Crippen molar-refractivity contribution >= 4 is 17.7 Å². The molecule has 0 aliphatic rings. The molecule has 0 atom stereocenters. The number of hydrogen-bond acceptors (Lipinski definition) is 3. The number of nitrogens with zero attached hydrogens (tertiary/aromatic N) is 1. The minimum Gasteiger partial charge on any atom is -0.385 e. The van der Waals surface area contributed by atoms with Gasteiger partial charge in [0.1, 0.15) is 0 Å². The van der Waals surface area contributed by atoms with Crippen LogP contribution in [0.2, 0.25) is 0 Å². The van der Waals surface area contributed by atoms with Gasteiger partial charge in [-0.25, -0.2) is 0 Å². The number of ether oxygens (including phenoxy) is 1. The molecule has 0 unspecified atom stereocenters. The predicted octanol–water partition coefficient (Wildman–Crippen LogP) is 0.941. The van der Waals surface area contributed by atoms with Crippen LogP contribution in [0.5, 0.6) is 0 Å². The number of aliphatic imine (C=N–C) groups is 1. The standard InChI is InChI=1S/C10H23N3OS/c1-11-10(12-6-4-8-14-2)13-7-5-9-15-3/h4-9H2,1-3H3,(H2,11,12,13). The van der Waals surface area contributed by atoms with E-state index < -0.39 is 0 Å². The summed E-state index contributed by atoms with van der Waals surface area (Å²) >= 11 is 1.87. The summed E-state index contributed by atoms with van der Waals surface area (Å²) in [6.07, 6.45) is 4.29. The first-order valence-corrected chi connectivity index (χ1v) is 6.67. The molecule has 0 rings (SSSR count). The highest BCUT2D eigenvalue weighted by atomic mass is 32.2. The second-order valence-corrected chi connectivity index (χ2v) is 4.10. The molecule has 0 amide bonds. The zero-order valence-corrected chi connectivity index (χ0v) is 10.8. The maximum atomic E-state index is 4.97. The number of guanidine groups is 1. The van der Waals surface area contributed by atoms with Gasteiger partial charge in [0.05, 0.1) is 0 Å². The zero-order chi connectivity index (χ0) is 11.4. The van der Waals surface area contributed by atoms with E-state index in [0.29, 0.717) is 0 Å². The van der Waals surface area contributed by atoms with Gasteiger partial charge in [-0.05, 0) is 24.9 Å². The van der Waals surface area contributed by atoms with Crippen molar-refractivity contribution in [2.45, 2.75) is 12.8 Å². The van der Waals surface area contributed by atoms with E-state index in [1.54, 1.807) is 14.2 Å². The van der Waals surface area contributed by atoms with Crippen LogP contribution < -0.4 is 10.6 Å². The number of thioether (sulfide) groups is 1. The third-order valence-corrected chi connectivity index (χ3v) is 2.56. The smallest absolute Gasteiger partial charge is 0.190 e. The molecule has 0 saturated heterocycles. The maximum Gasteiger partial charge on any atom is 0.190 e. The first-order valence-electron chi connectivity index (χ1n) is 5.27. The predicted molar refractivity (Wildman–Crippen MR) is 68.9 cm³/mol. The van der Waals surface area contributed by atoms with E-state index in [2.05, 4.69) is 21.9 Å². The van der Waals surface area contributed by atoms with E-state index in [0.717, 1.165) is 32.1 Å². The Morgan fingerprint density at radius 3 is 2.47 bits per heavy atom. The van der Waals surface area contributed by atoms with E-state index in [4.69, 9.17) is 4.74 Å². The Kier molecular flexibility index (Phi) is 11.3. The van der Waals surface area contributed by atoms with Crippen molar-refractivity contribution in [2.24, 2.45) is 4.99 Å². The molecule has 5 heteroatoms. The highest BCUT2D eigenvalue weighted by Gasteiger charge is 1.95. The molecule has 4 nitrogen and oxygen atoms in total. The van der Waals surface area contributed by atoms with Crippen molar-refractivity contribution in [1.29, 1.82) is 0 Å². The summed E-state index contributed by atoms with van der Waals surface area (Å²) in [5.41, 5.74) is 0. The van der Waals surface area contributed by atoms with Crippen LogP contribution in [0.25, 0.3) is 0 Å². The van der Waals surface area contributed by atoms with Gasteiger partial charge in [0.2, 0.25) is 0 Å². The fourth-order valence-corrected chi connectivity index (χ4v) is 1.50. The second kappa shape index (κ2) is 11.7. The minimum absolute atomic E-state index is 0.788. The van der Waals surface area contributed by atoms with Crippen molar-refractivity contribution in [3.8, 4) is 0 Å². The number of rotatable bonds is 8. The Labute approximate surface area is 97.3 Å². The number of methoxy groups -OCH3 is 1. The monoisotopic (exact) mass is 233 g/mol. The second-order valence-electron chi connectivity index (χ2n) is 3.12. The van der Waals surface area contributed by atoms with Gasteiger partial charge in [0.15, 0.2) is 5.96 Å². The minimum atomic E-state index is 0.788. The van der Waals surface area contributed by atoms with E-state index in [-0.39, 0.29) is 0 Å². The fourth-order valence-electron chi connectivity index (χ4n) is 1.07. The Balaban J connectivity index is 3.39. The summed E-state index contributed by atoms with van der Waals surface area (Å²) in [5.74, 6) is 2.07. The van der Waals surface area contributed by atoms with Gasteiger partial charge in [-0.15, -0.1) is 0 Å². The van der Waals surface area contributed by atoms with Gasteiger partial charge in [-0.2, -0.15) is 11.8 Å². The molecule has 0 spiro atoms. The average Bonchev–Trinajstić information content (AvgIpc) is 2.27. The van der Waals surface area contributed by atoms with Crippen molar-refractivity contribution in [2.75, 3.05) is 45.9 Å². The summed E-state index contributed by atoms with van der Waals surface area (Å²) in [7, 11) is 3.51. The Hall–Kier alpha value is -0.420. The van der Waals surface area contributed by atoms with Crippen LogP contribution >= 0.6 is 11.8 Å². The van der Waals surface area contributed by atoms with Crippen LogP contribution in [0.1, 0.15) is 12.8 Å². The molecule has 0 radical (unpaired) electrons. The van der Waals surface area contributed by atoms with E-state index in [1.807, 2.05) is 11.8 Å².